The first kappa shape index (κ1) is 16.4. The zero-order valence-electron chi connectivity index (χ0n) is 11.8. The van der Waals surface area contributed by atoms with Crippen molar-refractivity contribution in [2.75, 3.05) is 33.7 Å². The van der Waals surface area contributed by atoms with Gasteiger partial charge in [-0.2, -0.15) is 0 Å². The molecule has 0 radical (unpaired) electrons. The van der Waals surface area contributed by atoms with E-state index in [9.17, 15) is 4.79 Å². The second kappa shape index (κ2) is 9.42. The van der Waals surface area contributed by atoms with Gasteiger partial charge >= 0.3 is 5.97 Å². The smallest absolute Gasteiger partial charge is 0.317 e. The predicted octanol–water partition coefficient (Wildman–Crippen LogP) is 1.90. The Labute approximate surface area is 106 Å². The van der Waals surface area contributed by atoms with Gasteiger partial charge in [0.25, 0.3) is 0 Å². The average molecular weight is 244 g/mol. The standard InChI is InChI=1S/C13H28N2O2/c1-5-7-8-12(6-2)15(11-13(16)17)10-9-14(3)4/h12H,5-11H2,1-4H3,(H,16,17). The van der Waals surface area contributed by atoms with Crippen LogP contribution in [0.15, 0.2) is 0 Å². The molecule has 0 amide bonds. The average Bonchev–Trinajstić information content (AvgIpc) is 2.25. The predicted molar refractivity (Wildman–Crippen MR) is 71.4 cm³/mol. The van der Waals surface area contributed by atoms with Crippen molar-refractivity contribution in [3.63, 3.8) is 0 Å². The summed E-state index contributed by atoms with van der Waals surface area (Å²) in [5.74, 6) is -0.723. The van der Waals surface area contributed by atoms with Crippen LogP contribution in [-0.4, -0.2) is 60.6 Å². The molecule has 0 aliphatic rings. The number of carboxylic acid groups (broad SMARTS) is 1. The van der Waals surface area contributed by atoms with Crippen molar-refractivity contribution in [1.82, 2.24) is 9.80 Å². The van der Waals surface area contributed by atoms with Crippen LogP contribution in [0.1, 0.15) is 39.5 Å². The van der Waals surface area contributed by atoms with Crippen molar-refractivity contribution in [2.24, 2.45) is 0 Å². The Morgan fingerprint density at radius 2 is 1.88 bits per heavy atom. The van der Waals surface area contributed by atoms with Crippen LogP contribution in [-0.2, 0) is 4.79 Å². The fourth-order valence-electron chi connectivity index (χ4n) is 1.98. The molecule has 0 aliphatic heterocycles. The first-order chi connectivity index (χ1) is 8.01. The fraction of sp³-hybridized carbons (Fsp3) is 0.923. The lowest BCUT2D eigenvalue weighted by Gasteiger charge is -2.30. The second-order valence-corrected chi connectivity index (χ2v) is 4.87. The molecule has 0 aromatic carbocycles. The van der Waals surface area contributed by atoms with Gasteiger partial charge in [0.1, 0.15) is 0 Å². The Morgan fingerprint density at radius 3 is 2.29 bits per heavy atom. The van der Waals surface area contributed by atoms with E-state index in [1.165, 1.54) is 12.8 Å². The van der Waals surface area contributed by atoms with E-state index < -0.39 is 5.97 Å². The summed E-state index contributed by atoms with van der Waals surface area (Å²) in [7, 11) is 4.04. The van der Waals surface area contributed by atoms with E-state index in [0.717, 1.165) is 25.9 Å². The Kier molecular flexibility index (Phi) is 9.09. The molecule has 0 aromatic heterocycles. The highest BCUT2D eigenvalue weighted by atomic mass is 16.4. The summed E-state index contributed by atoms with van der Waals surface area (Å²) in [4.78, 5) is 15.1. The van der Waals surface area contributed by atoms with Crippen LogP contribution in [0.25, 0.3) is 0 Å². The monoisotopic (exact) mass is 244 g/mol. The van der Waals surface area contributed by atoms with E-state index >= 15 is 0 Å². The first-order valence-electron chi connectivity index (χ1n) is 6.61. The molecule has 0 heterocycles. The van der Waals surface area contributed by atoms with Gasteiger partial charge in [-0.15, -0.1) is 0 Å². The molecule has 4 nitrogen and oxygen atoms in total. The van der Waals surface area contributed by atoms with Crippen LogP contribution in [0.2, 0.25) is 0 Å². The zero-order valence-corrected chi connectivity index (χ0v) is 11.8. The van der Waals surface area contributed by atoms with Gasteiger partial charge in [0, 0.05) is 19.1 Å². The van der Waals surface area contributed by atoms with E-state index in [2.05, 4.69) is 23.6 Å². The summed E-state index contributed by atoms with van der Waals surface area (Å²) in [6, 6.07) is 0.408. The van der Waals surface area contributed by atoms with Crippen molar-refractivity contribution in [2.45, 2.75) is 45.6 Å². The number of carboxylic acids is 1. The Balaban J connectivity index is 4.33. The molecule has 17 heavy (non-hydrogen) atoms. The van der Waals surface area contributed by atoms with E-state index in [4.69, 9.17) is 5.11 Å². The number of likely N-dealkylation sites (N-methyl/N-ethyl adjacent to an activating group) is 1. The third-order valence-corrected chi connectivity index (χ3v) is 3.05. The molecular formula is C13H28N2O2. The number of nitrogens with zero attached hydrogens (tertiary/aromatic N) is 2. The Morgan fingerprint density at radius 1 is 1.24 bits per heavy atom. The lowest BCUT2D eigenvalue weighted by atomic mass is 10.1. The van der Waals surface area contributed by atoms with Crippen LogP contribution in [0, 0.1) is 0 Å². The Bertz CT molecular complexity index is 208. The van der Waals surface area contributed by atoms with Gasteiger partial charge in [-0.3, -0.25) is 9.69 Å². The maximum Gasteiger partial charge on any atom is 0.317 e. The first-order valence-corrected chi connectivity index (χ1v) is 6.61. The highest BCUT2D eigenvalue weighted by Gasteiger charge is 2.18. The van der Waals surface area contributed by atoms with Crippen LogP contribution >= 0.6 is 0 Å². The van der Waals surface area contributed by atoms with Gasteiger partial charge in [-0.05, 0) is 26.9 Å². The van der Waals surface area contributed by atoms with Gasteiger partial charge in [-0.1, -0.05) is 26.7 Å². The highest BCUT2D eigenvalue weighted by Crippen LogP contribution is 2.12. The quantitative estimate of drug-likeness (QED) is 0.637. The zero-order chi connectivity index (χ0) is 13.3. The molecule has 0 rings (SSSR count). The van der Waals surface area contributed by atoms with Crippen molar-refractivity contribution >= 4 is 5.97 Å². The van der Waals surface area contributed by atoms with E-state index in [1.807, 2.05) is 14.1 Å². The van der Waals surface area contributed by atoms with Gasteiger partial charge in [-0.25, -0.2) is 0 Å². The minimum absolute atomic E-state index is 0.163. The van der Waals surface area contributed by atoms with Crippen LogP contribution in [0.3, 0.4) is 0 Å². The highest BCUT2D eigenvalue weighted by molar-refractivity contribution is 5.69. The van der Waals surface area contributed by atoms with Gasteiger partial charge in [0.15, 0.2) is 0 Å². The third-order valence-electron chi connectivity index (χ3n) is 3.05. The molecule has 0 bridgehead atoms. The number of hydrogen-bond donors (Lipinski definition) is 1. The molecule has 1 N–H and O–H groups in total. The summed E-state index contributed by atoms with van der Waals surface area (Å²) < 4.78 is 0. The van der Waals surface area contributed by atoms with Crippen molar-refractivity contribution in [3.8, 4) is 0 Å². The second-order valence-electron chi connectivity index (χ2n) is 4.87. The molecule has 0 aliphatic carbocycles. The molecule has 0 saturated carbocycles. The number of carbonyl (C=O) groups is 1. The molecule has 0 spiro atoms. The summed E-state index contributed by atoms with van der Waals surface area (Å²) in [6.07, 6.45) is 4.48. The van der Waals surface area contributed by atoms with E-state index in [-0.39, 0.29) is 6.54 Å². The number of aliphatic carboxylic acids is 1. The molecule has 0 fully saturated rings. The number of unbranched alkanes of at least 4 members (excludes halogenated alkanes) is 1. The molecule has 0 aromatic rings. The van der Waals surface area contributed by atoms with Crippen molar-refractivity contribution in [3.05, 3.63) is 0 Å². The van der Waals surface area contributed by atoms with E-state index in [0.29, 0.717) is 6.04 Å². The number of rotatable bonds is 10. The Hall–Kier alpha value is -0.610. The van der Waals surface area contributed by atoms with Gasteiger partial charge in [0.05, 0.1) is 6.54 Å². The molecule has 0 saturated heterocycles. The molecule has 1 unspecified atom stereocenters. The topological polar surface area (TPSA) is 43.8 Å². The third kappa shape index (κ3) is 8.16. The molecule has 102 valence electrons. The lowest BCUT2D eigenvalue weighted by molar-refractivity contribution is -0.139. The minimum Gasteiger partial charge on any atom is -0.480 e. The maximum absolute atomic E-state index is 10.9. The minimum atomic E-state index is -0.723. The van der Waals surface area contributed by atoms with Crippen molar-refractivity contribution < 1.29 is 9.90 Å². The lowest BCUT2D eigenvalue weighted by Crippen LogP contribution is -2.42. The normalized spacial score (nSPS) is 13.3. The number of hydrogen-bond acceptors (Lipinski definition) is 3. The van der Waals surface area contributed by atoms with Crippen LogP contribution in [0.5, 0.6) is 0 Å². The van der Waals surface area contributed by atoms with Crippen LogP contribution in [0.4, 0.5) is 0 Å². The summed E-state index contributed by atoms with van der Waals surface area (Å²) in [6.45, 7) is 6.23. The molecule has 1 atom stereocenters. The largest absolute Gasteiger partial charge is 0.480 e. The van der Waals surface area contributed by atoms with Gasteiger partial charge in [0.2, 0.25) is 0 Å². The summed E-state index contributed by atoms with van der Waals surface area (Å²) in [5.41, 5.74) is 0. The van der Waals surface area contributed by atoms with Crippen molar-refractivity contribution in [1.29, 1.82) is 0 Å². The SMILES string of the molecule is CCCCC(CC)N(CCN(C)C)CC(=O)O. The maximum atomic E-state index is 10.9. The van der Waals surface area contributed by atoms with E-state index in [1.54, 1.807) is 0 Å². The van der Waals surface area contributed by atoms with Gasteiger partial charge < -0.3 is 10.0 Å². The molecular weight excluding hydrogens is 216 g/mol. The molecule has 4 heteroatoms. The van der Waals surface area contributed by atoms with Crippen LogP contribution < -0.4 is 0 Å². The summed E-state index contributed by atoms with van der Waals surface area (Å²) >= 11 is 0. The fourth-order valence-corrected chi connectivity index (χ4v) is 1.98. The summed E-state index contributed by atoms with van der Waals surface area (Å²) in [5, 5.41) is 8.96.